The van der Waals surface area contributed by atoms with Crippen molar-refractivity contribution in [3.05, 3.63) is 0 Å². The highest BCUT2D eigenvalue weighted by atomic mass is 16.4. The molecule has 1 amide bonds. The Hall–Kier alpha value is -1.06. The van der Waals surface area contributed by atoms with E-state index in [4.69, 9.17) is 5.11 Å². The predicted octanol–water partition coefficient (Wildman–Crippen LogP) is 2.04. The van der Waals surface area contributed by atoms with Gasteiger partial charge in [-0.05, 0) is 11.8 Å². The third kappa shape index (κ3) is 5.14. The molecule has 16 heavy (non-hydrogen) atoms. The van der Waals surface area contributed by atoms with Gasteiger partial charge in [-0.2, -0.15) is 0 Å². The van der Waals surface area contributed by atoms with Gasteiger partial charge in [0.05, 0.1) is 11.8 Å². The molecule has 0 aromatic rings. The normalized spacial score (nSPS) is 12.3. The average molecular weight is 229 g/mol. The van der Waals surface area contributed by atoms with Crippen LogP contribution < -0.4 is 5.32 Å². The summed E-state index contributed by atoms with van der Waals surface area (Å²) >= 11 is 0. The zero-order valence-electron chi connectivity index (χ0n) is 10.9. The van der Waals surface area contributed by atoms with Crippen LogP contribution in [0.4, 0.5) is 0 Å². The van der Waals surface area contributed by atoms with Crippen LogP contribution in [0.15, 0.2) is 0 Å². The zero-order valence-corrected chi connectivity index (χ0v) is 10.9. The van der Waals surface area contributed by atoms with Crippen LogP contribution in [-0.4, -0.2) is 23.5 Å². The molecule has 0 heterocycles. The molecule has 0 radical (unpaired) electrons. The Morgan fingerprint density at radius 3 is 2.06 bits per heavy atom. The summed E-state index contributed by atoms with van der Waals surface area (Å²) in [5.74, 6) is -1.15. The summed E-state index contributed by atoms with van der Waals surface area (Å²) in [5, 5.41) is 11.5. The molecule has 2 N–H and O–H groups in total. The van der Waals surface area contributed by atoms with E-state index in [9.17, 15) is 9.59 Å². The van der Waals surface area contributed by atoms with Crippen molar-refractivity contribution >= 4 is 11.9 Å². The highest BCUT2D eigenvalue weighted by Gasteiger charge is 2.31. The molecule has 0 aromatic heterocycles. The number of carboxylic acids is 1. The maximum Gasteiger partial charge on any atom is 0.304 e. The topological polar surface area (TPSA) is 66.4 Å². The minimum absolute atomic E-state index is 0.0506. The summed E-state index contributed by atoms with van der Waals surface area (Å²) in [5.41, 5.74) is -0.801. The van der Waals surface area contributed by atoms with Gasteiger partial charge in [0.2, 0.25) is 5.91 Å². The van der Waals surface area contributed by atoms with Crippen molar-refractivity contribution in [2.45, 2.75) is 47.5 Å². The summed E-state index contributed by atoms with van der Waals surface area (Å²) in [4.78, 5) is 22.4. The molecule has 0 saturated carbocycles. The molecule has 0 aliphatic carbocycles. The van der Waals surface area contributed by atoms with Crippen molar-refractivity contribution in [3.63, 3.8) is 0 Å². The Kier molecular flexibility index (Phi) is 4.97. The predicted molar refractivity (Wildman–Crippen MR) is 63.1 cm³/mol. The molecule has 0 aliphatic heterocycles. The fourth-order valence-electron chi connectivity index (χ4n) is 1.14. The summed E-state index contributed by atoms with van der Waals surface area (Å²) in [6, 6.07) is 0. The van der Waals surface area contributed by atoms with Crippen LogP contribution in [0.1, 0.15) is 47.5 Å². The van der Waals surface area contributed by atoms with Gasteiger partial charge in [-0.15, -0.1) is 0 Å². The third-order valence-electron chi connectivity index (χ3n) is 2.89. The number of carboxylic acid groups (broad SMARTS) is 1. The van der Waals surface area contributed by atoms with Crippen LogP contribution in [0.25, 0.3) is 0 Å². The first-order chi connectivity index (χ1) is 7.10. The van der Waals surface area contributed by atoms with Gasteiger partial charge in [0.1, 0.15) is 0 Å². The van der Waals surface area contributed by atoms with E-state index in [-0.39, 0.29) is 17.7 Å². The first kappa shape index (κ1) is 14.9. The summed E-state index contributed by atoms with van der Waals surface area (Å²) in [6.45, 7) is 10.1. The Labute approximate surface area is 97.4 Å². The van der Waals surface area contributed by atoms with Gasteiger partial charge in [-0.3, -0.25) is 9.59 Å². The minimum Gasteiger partial charge on any atom is -0.481 e. The van der Waals surface area contributed by atoms with Crippen molar-refractivity contribution in [1.82, 2.24) is 5.32 Å². The lowest BCUT2D eigenvalue weighted by Crippen LogP contribution is -2.42. The molecular weight excluding hydrogens is 206 g/mol. The van der Waals surface area contributed by atoms with Crippen molar-refractivity contribution in [2.24, 2.45) is 10.8 Å². The standard InChI is InChI=1S/C12H23NO3/c1-6-11(2,3)8-13-10(16)12(4,5)7-9(14)15/h6-8H2,1-5H3,(H,13,16)(H,14,15). The van der Waals surface area contributed by atoms with Gasteiger partial charge in [-0.1, -0.05) is 34.6 Å². The van der Waals surface area contributed by atoms with Crippen LogP contribution in [-0.2, 0) is 9.59 Å². The largest absolute Gasteiger partial charge is 0.481 e. The van der Waals surface area contributed by atoms with Crippen molar-refractivity contribution < 1.29 is 14.7 Å². The molecule has 0 spiro atoms. The van der Waals surface area contributed by atoms with Gasteiger partial charge in [0.15, 0.2) is 0 Å². The second-order valence-electron chi connectivity index (χ2n) is 5.65. The van der Waals surface area contributed by atoms with Gasteiger partial charge >= 0.3 is 5.97 Å². The first-order valence-electron chi connectivity index (χ1n) is 5.61. The molecule has 0 rings (SSSR count). The van der Waals surface area contributed by atoms with Crippen LogP contribution in [0.3, 0.4) is 0 Å². The molecule has 0 unspecified atom stereocenters. The summed E-state index contributed by atoms with van der Waals surface area (Å²) in [6.07, 6.45) is 0.817. The van der Waals surface area contributed by atoms with E-state index in [0.29, 0.717) is 6.54 Å². The Morgan fingerprint density at radius 2 is 1.69 bits per heavy atom. The number of hydrogen-bond acceptors (Lipinski definition) is 2. The lowest BCUT2D eigenvalue weighted by atomic mass is 9.86. The molecule has 0 atom stereocenters. The summed E-state index contributed by atoms with van der Waals surface area (Å²) < 4.78 is 0. The molecule has 0 bridgehead atoms. The Morgan fingerprint density at radius 1 is 1.19 bits per heavy atom. The third-order valence-corrected chi connectivity index (χ3v) is 2.89. The second-order valence-corrected chi connectivity index (χ2v) is 5.65. The van der Waals surface area contributed by atoms with E-state index in [1.165, 1.54) is 0 Å². The maximum atomic E-state index is 11.8. The van der Waals surface area contributed by atoms with E-state index < -0.39 is 11.4 Å². The van der Waals surface area contributed by atoms with Gasteiger partial charge in [-0.25, -0.2) is 0 Å². The minimum atomic E-state index is -0.949. The number of aliphatic carboxylic acids is 1. The van der Waals surface area contributed by atoms with Crippen molar-refractivity contribution in [2.75, 3.05) is 6.54 Å². The number of carbonyl (C=O) groups is 2. The number of hydrogen-bond donors (Lipinski definition) is 2. The van der Waals surface area contributed by atoms with E-state index in [1.54, 1.807) is 13.8 Å². The Bertz CT molecular complexity index is 269. The molecule has 0 aliphatic rings. The average Bonchev–Trinajstić information content (AvgIpc) is 2.12. The highest BCUT2D eigenvalue weighted by Crippen LogP contribution is 2.22. The number of carbonyl (C=O) groups excluding carboxylic acids is 1. The van der Waals surface area contributed by atoms with Crippen molar-refractivity contribution in [1.29, 1.82) is 0 Å². The molecular formula is C12H23NO3. The number of amides is 1. The van der Waals surface area contributed by atoms with Crippen LogP contribution in [0, 0.1) is 10.8 Å². The van der Waals surface area contributed by atoms with Crippen LogP contribution >= 0.6 is 0 Å². The van der Waals surface area contributed by atoms with Crippen LogP contribution in [0.2, 0.25) is 0 Å². The van der Waals surface area contributed by atoms with Gasteiger partial charge in [0.25, 0.3) is 0 Å². The first-order valence-corrected chi connectivity index (χ1v) is 5.61. The van der Waals surface area contributed by atoms with E-state index >= 15 is 0 Å². The number of nitrogens with one attached hydrogen (secondary N) is 1. The SMILES string of the molecule is CCC(C)(C)CNC(=O)C(C)(C)CC(=O)O. The van der Waals surface area contributed by atoms with Crippen molar-refractivity contribution in [3.8, 4) is 0 Å². The van der Waals surface area contributed by atoms with Gasteiger partial charge in [0, 0.05) is 6.54 Å². The molecule has 4 heteroatoms. The molecule has 0 fully saturated rings. The monoisotopic (exact) mass is 229 g/mol. The van der Waals surface area contributed by atoms with E-state index in [0.717, 1.165) is 6.42 Å². The second kappa shape index (κ2) is 5.32. The van der Waals surface area contributed by atoms with Crippen LogP contribution in [0.5, 0.6) is 0 Å². The molecule has 94 valence electrons. The lowest BCUT2D eigenvalue weighted by molar-refractivity contribution is -0.144. The molecule has 0 saturated heterocycles. The van der Waals surface area contributed by atoms with Gasteiger partial charge < -0.3 is 10.4 Å². The molecule has 4 nitrogen and oxygen atoms in total. The maximum absolute atomic E-state index is 11.8. The fourth-order valence-corrected chi connectivity index (χ4v) is 1.14. The van der Waals surface area contributed by atoms with E-state index in [2.05, 4.69) is 26.1 Å². The summed E-state index contributed by atoms with van der Waals surface area (Å²) in [7, 11) is 0. The zero-order chi connectivity index (χ0) is 13.0. The molecule has 0 aromatic carbocycles. The van der Waals surface area contributed by atoms with E-state index in [1.807, 2.05) is 0 Å². The fraction of sp³-hybridized carbons (Fsp3) is 0.833. The lowest BCUT2D eigenvalue weighted by Gasteiger charge is -2.27. The highest BCUT2D eigenvalue weighted by molar-refractivity contribution is 5.86. The number of rotatable bonds is 6. The Balaban J connectivity index is 4.31. The smallest absolute Gasteiger partial charge is 0.304 e. The quantitative estimate of drug-likeness (QED) is 0.732.